The van der Waals surface area contributed by atoms with Crippen molar-refractivity contribution in [2.45, 2.75) is 11.8 Å². The normalized spacial score (nSPS) is 22.1. The van der Waals surface area contributed by atoms with E-state index in [1.54, 1.807) is 0 Å². The van der Waals surface area contributed by atoms with Crippen molar-refractivity contribution in [2.75, 3.05) is 0 Å². The minimum Gasteiger partial charge on any atom is -0.294 e. The average molecular weight is 377 g/mol. The Balaban J connectivity index is 1.69. The molecule has 0 heterocycles. The van der Waals surface area contributed by atoms with Gasteiger partial charge in [0.25, 0.3) is 0 Å². The largest absolute Gasteiger partial charge is 0.294 e. The zero-order valence-electron chi connectivity index (χ0n) is 13.1. The number of rotatable bonds is 4. The molecule has 1 nitrogen and oxygen atoms in total. The molecule has 2 heteroatoms. The highest BCUT2D eigenvalue weighted by Crippen LogP contribution is 2.61. The summed E-state index contributed by atoms with van der Waals surface area (Å²) in [6.07, 6.45) is 0. The number of carbonyl (C=O) groups is 1. The highest BCUT2D eigenvalue weighted by molar-refractivity contribution is 9.10. The molecular weight excluding hydrogens is 360 g/mol. The molecule has 24 heavy (non-hydrogen) atoms. The van der Waals surface area contributed by atoms with E-state index in [4.69, 9.17) is 0 Å². The Kier molecular flexibility index (Phi) is 4.07. The third-order valence-corrected chi connectivity index (χ3v) is 5.35. The van der Waals surface area contributed by atoms with E-state index in [0.717, 1.165) is 10.0 Å². The standard InChI is InChI=1S/C22H17BrO/c23-18-13-11-17(12-14-18)22(24)21-19(15-7-3-1-4-8-15)20(21)16-9-5-2-6-10-16/h1-14,19-21H/t19-,20+,21?. The van der Waals surface area contributed by atoms with E-state index in [2.05, 4.69) is 64.5 Å². The summed E-state index contributed by atoms with van der Waals surface area (Å²) in [4.78, 5) is 13.1. The molecule has 0 aromatic heterocycles. The Morgan fingerprint density at radius 1 is 0.667 bits per heavy atom. The van der Waals surface area contributed by atoms with Crippen LogP contribution in [0.3, 0.4) is 0 Å². The summed E-state index contributed by atoms with van der Waals surface area (Å²) in [6, 6.07) is 28.5. The van der Waals surface area contributed by atoms with Crippen LogP contribution in [0.2, 0.25) is 0 Å². The van der Waals surface area contributed by atoms with Gasteiger partial charge in [0.15, 0.2) is 5.78 Å². The summed E-state index contributed by atoms with van der Waals surface area (Å²) < 4.78 is 0.995. The molecule has 3 atom stereocenters. The molecule has 0 bridgehead atoms. The molecule has 0 aliphatic heterocycles. The molecule has 3 aromatic carbocycles. The smallest absolute Gasteiger partial charge is 0.167 e. The molecule has 0 radical (unpaired) electrons. The summed E-state index contributed by atoms with van der Waals surface area (Å²) in [5, 5.41) is 0. The zero-order chi connectivity index (χ0) is 16.5. The number of halogens is 1. The molecule has 1 aliphatic rings. The molecule has 118 valence electrons. The average Bonchev–Trinajstić information content (AvgIpc) is 3.39. The van der Waals surface area contributed by atoms with E-state index in [0.29, 0.717) is 0 Å². The highest BCUT2D eigenvalue weighted by atomic mass is 79.9. The predicted octanol–water partition coefficient (Wildman–Crippen LogP) is 5.83. The van der Waals surface area contributed by atoms with Crippen molar-refractivity contribution in [1.29, 1.82) is 0 Å². The first-order chi connectivity index (χ1) is 11.8. The summed E-state index contributed by atoms with van der Waals surface area (Å²) in [7, 11) is 0. The first-order valence-electron chi connectivity index (χ1n) is 8.15. The van der Waals surface area contributed by atoms with Crippen molar-refractivity contribution in [3.05, 3.63) is 106 Å². The van der Waals surface area contributed by atoms with Crippen molar-refractivity contribution < 1.29 is 4.79 Å². The van der Waals surface area contributed by atoms with Gasteiger partial charge in [-0.1, -0.05) is 88.7 Å². The van der Waals surface area contributed by atoms with E-state index < -0.39 is 0 Å². The second-order valence-corrected chi connectivity index (χ2v) is 7.19. The topological polar surface area (TPSA) is 17.1 Å². The van der Waals surface area contributed by atoms with Gasteiger partial charge >= 0.3 is 0 Å². The maximum atomic E-state index is 13.1. The van der Waals surface area contributed by atoms with Crippen molar-refractivity contribution in [2.24, 2.45) is 5.92 Å². The molecule has 1 fully saturated rings. The Bertz CT molecular complexity index is 795. The van der Waals surface area contributed by atoms with Crippen LogP contribution in [0.1, 0.15) is 33.3 Å². The van der Waals surface area contributed by atoms with Gasteiger partial charge < -0.3 is 0 Å². The first kappa shape index (κ1) is 15.3. The van der Waals surface area contributed by atoms with Gasteiger partial charge in [0.05, 0.1) is 0 Å². The second kappa shape index (κ2) is 6.37. The second-order valence-electron chi connectivity index (χ2n) is 6.27. The number of benzene rings is 3. The minimum absolute atomic E-state index is 0.0241. The van der Waals surface area contributed by atoms with Gasteiger partial charge in [0.2, 0.25) is 0 Å². The number of hydrogen-bond acceptors (Lipinski definition) is 1. The van der Waals surface area contributed by atoms with Gasteiger partial charge in [-0.25, -0.2) is 0 Å². The van der Waals surface area contributed by atoms with Crippen LogP contribution in [0.25, 0.3) is 0 Å². The SMILES string of the molecule is O=C(c1ccc(Br)cc1)C1[C@@H](c2ccccc2)[C@H]1c1ccccc1. The molecule has 1 saturated carbocycles. The van der Waals surface area contributed by atoms with Crippen LogP contribution in [0.5, 0.6) is 0 Å². The lowest BCUT2D eigenvalue weighted by Gasteiger charge is -2.01. The first-order valence-corrected chi connectivity index (χ1v) is 8.94. The van der Waals surface area contributed by atoms with E-state index in [1.165, 1.54) is 11.1 Å². The highest BCUT2D eigenvalue weighted by Gasteiger charge is 2.55. The van der Waals surface area contributed by atoms with E-state index in [-0.39, 0.29) is 23.5 Å². The van der Waals surface area contributed by atoms with Crippen molar-refractivity contribution in [3.8, 4) is 0 Å². The van der Waals surface area contributed by atoms with Crippen LogP contribution in [-0.4, -0.2) is 5.78 Å². The van der Waals surface area contributed by atoms with E-state index in [1.807, 2.05) is 36.4 Å². The number of ketones is 1. The van der Waals surface area contributed by atoms with Crippen LogP contribution in [0.4, 0.5) is 0 Å². The lowest BCUT2D eigenvalue weighted by atomic mass is 10.0. The van der Waals surface area contributed by atoms with Crippen molar-refractivity contribution in [1.82, 2.24) is 0 Å². The number of carbonyl (C=O) groups excluding carboxylic acids is 1. The van der Waals surface area contributed by atoms with E-state index in [9.17, 15) is 4.79 Å². The minimum atomic E-state index is 0.0241. The van der Waals surface area contributed by atoms with Crippen LogP contribution in [-0.2, 0) is 0 Å². The van der Waals surface area contributed by atoms with Crippen LogP contribution in [0, 0.1) is 5.92 Å². The molecule has 0 N–H and O–H groups in total. The van der Waals surface area contributed by atoms with Crippen LogP contribution in [0.15, 0.2) is 89.4 Å². The van der Waals surface area contributed by atoms with Gasteiger partial charge in [0.1, 0.15) is 0 Å². The fraction of sp³-hybridized carbons (Fsp3) is 0.136. The molecule has 1 aliphatic carbocycles. The quantitative estimate of drug-likeness (QED) is 0.523. The van der Waals surface area contributed by atoms with Crippen LogP contribution < -0.4 is 0 Å². The fourth-order valence-electron chi connectivity index (χ4n) is 3.62. The third kappa shape index (κ3) is 2.83. The Morgan fingerprint density at radius 3 is 1.58 bits per heavy atom. The summed E-state index contributed by atoms with van der Waals surface area (Å²) in [5.41, 5.74) is 3.30. The lowest BCUT2D eigenvalue weighted by Crippen LogP contribution is -2.04. The molecule has 0 saturated heterocycles. The molecule has 4 rings (SSSR count). The Labute approximate surface area is 150 Å². The van der Waals surface area contributed by atoms with Crippen molar-refractivity contribution >= 4 is 21.7 Å². The van der Waals surface area contributed by atoms with E-state index >= 15 is 0 Å². The molecule has 0 spiro atoms. The van der Waals surface area contributed by atoms with Gasteiger partial charge in [0, 0.05) is 27.8 Å². The summed E-state index contributed by atoms with van der Waals surface area (Å²) >= 11 is 3.43. The summed E-state index contributed by atoms with van der Waals surface area (Å²) in [5.74, 6) is 0.802. The van der Waals surface area contributed by atoms with Crippen LogP contribution >= 0.6 is 15.9 Å². The van der Waals surface area contributed by atoms with Gasteiger partial charge in [-0.3, -0.25) is 4.79 Å². The van der Waals surface area contributed by atoms with Gasteiger partial charge in [-0.2, -0.15) is 0 Å². The van der Waals surface area contributed by atoms with Gasteiger partial charge in [-0.15, -0.1) is 0 Å². The zero-order valence-corrected chi connectivity index (χ0v) is 14.7. The predicted molar refractivity (Wildman–Crippen MR) is 100 cm³/mol. The number of hydrogen-bond donors (Lipinski definition) is 0. The third-order valence-electron chi connectivity index (χ3n) is 4.82. The van der Waals surface area contributed by atoms with Gasteiger partial charge in [-0.05, 0) is 23.3 Å². The number of Topliss-reactive ketones (excluding diaryl/α,β-unsaturated/α-hetero) is 1. The Hall–Kier alpha value is -2.19. The lowest BCUT2D eigenvalue weighted by molar-refractivity contribution is 0.0963. The molecule has 1 unspecified atom stereocenters. The summed E-state index contributed by atoms with van der Waals surface area (Å²) in [6.45, 7) is 0. The maximum Gasteiger partial charge on any atom is 0.167 e. The van der Waals surface area contributed by atoms with Crippen molar-refractivity contribution in [3.63, 3.8) is 0 Å². The Morgan fingerprint density at radius 2 is 1.12 bits per heavy atom. The molecule has 3 aromatic rings. The molecular formula is C22H17BrO. The molecule has 0 amide bonds. The maximum absolute atomic E-state index is 13.1. The fourth-order valence-corrected chi connectivity index (χ4v) is 3.89. The monoisotopic (exact) mass is 376 g/mol.